The maximum Gasteiger partial charge on any atom is 0.492 e. The summed E-state index contributed by atoms with van der Waals surface area (Å²) in [5.74, 6) is -0.529. The fourth-order valence-electron chi connectivity index (χ4n) is 2.96. The number of rotatable bonds is 6. The molecular formula is C23H26BClFNO4. The van der Waals surface area contributed by atoms with Crippen LogP contribution in [0, 0.1) is 5.82 Å². The summed E-state index contributed by atoms with van der Waals surface area (Å²) in [5.41, 5.74) is 0.963. The van der Waals surface area contributed by atoms with Crippen LogP contribution in [-0.4, -0.2) is 31.0 Å². The van der Waals surface area contributed by atoms with Crippen LogP contribution in [0.15, 0.2) is 54.0 Å². The first-order valence-electron chi connectivity index (χ1n) is 10.0. The Balaban J connectivity index is 1.73. The standard InChI is InChI=1S/C23H26BClFNO4/c1-22(2)23(3,4)31-24(30-22)18(12-17-10-11-19(25)20(26)13-17)14-27-21(28)29-15-16-8-6-5-7-9-16/h5-13H,14-15H2,1-4H3,(H,27,28). The van der Waals surface area contributed by atoms with Crippen molar-refractivity contribution in [1.82, 2.24) is 5.32 Å². The molecule has 1 amide bonds. The Kier molecular flexibility index (Phi) is 7.09. The molecule has 0 saturated carbocycles. The lowest BCUT2D eigenvalue weighted by molar-refractivity contribution is 0.00578. The number of halogens is 2. The van der Waals surface area contributed by atoms with E-state index in [0.29, 0.717) is 11.0 Å². The van der Waals surface area contributed by atoms with Crippen LogP contribution in [0.5, 0.6) is 0 Å². The number of amides is 1. The van der Waals surface area contributed by atoms with Crippen LogP contribution in [0.25, 0.3) is 6.08 Å². The van der Waals surface area contributed by atoms with Gasteiger partial charge in [-0.05, 0) is 56.4 Å². The Morgan fingerprint density at radius 2 is 1.77 bits per heavy atom. The summed E-state index contributed by atoms with van der Waals surface area (Å²) in [7, 11) is -0.710. The lowest BCUT2D eigenvalue weighted by Gasteiger charge is -2.32. The first kappa shape index (κ1) is 23.3. The van der Waals surface area contributed by atoms with E-state index >= 15 is 0 Å². The number of hydrogen-bond acceptors (Lipinski definition) is 4. The Labute approximate surface area is 187 Å². The Morgan fingerprint density at radius 3 is 2.39 bits per heavy atom. The monoisotopic (exact) mass is 445 g/mol. The van der Waals surface area contributed by atoms with E-state index in [2.05, 4.69) is 5.32 Å². The van der Waals surface area contributed by atoms with Crippen molar-refractivity contribution in [2.24, 2.45) is 0 Å². The lowest BCUT2D eigenvalue weighted by Crippen LogP contribution is -2.41. The number of nitrogens with one attached hydrogen (secondary N) is 1. The molecule has 0 atom stereocenters. The van der Waals surface area contributed by atoms with Gasteiger partial charge in [-0.25, -0.2) is 9.18 Å². The first-order chi connectivity index (χ1) is 14.6. The first-order valence-corrected chi connectivity index (χ1v) is 10.4. The normalized spacial score (nSPS) is 17.5. The van der Waals surface area contributed by atoms with E-state index in [4.69, 9.17) is 25.6 Å². The van der Waals surface area contributed by atoms with Gasteiger partial charge in [0.15, 0.2) is 0 Å². The van der Waals surface area contributed by atoms with Gasteiger partial charge in [0.05, 0.1) is 16.2 Å². The van der Waals surface area contributed by atoms with E-state index in [-0.39, 0.29) is 18.2 Å². The second-order valence-electron chi connectivity index (χ2n) is 8.40. The van der Waals surface area contributed by atoms with Crippen molar-refractivity contribution in [1.29, 1.82) is 0 Å². The van der Waals surface area contributed by atoms with Gasteiger partial charge in [0, 0.05) is 6.54 Å². The highest BCUT2D eigenvalue weighted by atomic mass is 35.5. The van der Waals surface area contributed by atoms with E-state index in [1.54, 1.807) is 12.1 Å². The van der Waals surface area contributed by atoms with Crippen molar-refractivity contribution in [3.63, 3.8) is 0 Å². The van der Waals surface area contributed by atoms with E-state index in [0.717, 1.165) is 5.56 Å². The molecule has 2 aromatic rings. The van der Waals surface area contributed by atoms with Crippen molar-refractivity contribution in [2.45, 2.75) is 45.5 Å². The van der Waals surface area contributed by atoms with Gasteiger partial charge in [0.2, 0.25) is 0 Å². The predicted octanol–water partition coefficient (Wildman–Crippen LogP) is 5.42. The molecule has 1 aliphatic heterocycles. The predicted molar refractivity (Wildman–Crippen MR) is 120 cm³/mol. The number of carbonyl (C=O) groups is 1. The van der Waals surface area contributed by atoms with E-state index in [9.17, 15) is 9.18 Å². The van der Waals surface area contributed by atoms with Crippen molar-refractivity contribution in [2.75, 3.05) is 6.54 Å². The van der Waals surface area contributed by atoms with Gasteiger partial charge in [-0.2, -0.15) is 0 Å². The number of carbonyl (C=O) groups excluding carboxylic acids is 1. The van der Waals surface area contributed by atoms with Gasteiger partial charge >= 0.3 is 13.2 Å². The molecule has 0 aliphatic carbocycles. The zero-order chi connectivity index (χ0) is 22.6. The quantitative estimate of drug-likeness (QED) is 0.603. The zero-order valence-electron chi connectivity index (χ0n) is 18.1. The molecule has 8 heteroatoms. The van der Waals surface area contributed by atoms with Crippen LogP contribution < -0.4 is 5.32 Å². The zero-order valence-corrected chi connectivity index (χ0v) is 18.8. The molecule has 0 radical (unpaired) electrons. The number of benzene rings is 2. The largest absolute Gasteiger partial charge is 0.492 e. The van der Waals surface area contributed by atoms with Crippen LogP contribution in [0.1, 0.15) is 38.8 Å². The highest BCUT2D eigenvalue weighted by Gasteiger charge is 2.52. The fraction of sp³-hybridized carbons (Fsp3) is 0.348. The van der Waals surface area contributed by atoms with Crippen LogP contribution in [-0.2, 0) is 20.7 Å². The van der Waals surface area contributed by atoms with Crippen LogP contribution in [0.4, 0.5) is 9.18 Å². The molecule has 1 fully saturated rings. The van der Waals surface area contributed by atoms with Gasteiger partial charge in [-0.15, -0.1) is 0 Å². The Bertz CT molecular complexity index is 949. The molecule has 1 N–H and O–H groups in total. The van der Waals surface area contributed by atoms with Crippen molar-refractivity contribution in [3.05, 3.63) is 76.0 Å². The van der Waals surface area contributed by atoms with Crippen LogP contribution in [0.3, 0.4) is 0 Å². The van der Waals surface area contributed by atoms with Crippen LogP contribution in [0.2, 0.25) is 5.02 Å². The van der Waals surface area contributed by atoms with Gasteiger partial charge in [0.25, 0.3) is 0 Å². The molecule has 5 nitrogen and oxygen atoms in total. The number of alkyl carbamates (subject to hydrolysis) is 1. The Hall–Kier alpha value is -2.35. The second kappa shape index (κ2) is 9.43. The van der Waals surface area contributed by atoms with Gasteiger partial charge < -0.3 is 19.4 Å². The average molecular weight is 446 g/mol. The molecule has 0 bridgehead atoms. The summed E-state index contributed by atoms with van der Waals surface area (Å²) in [6, 6.07) is 13.9. The highest BCUT2D eigenvalue weighted by Crippen LogP contribution is 2.38. The van der Waals surface area contributed by atoms with Gasteiger partial charge in [-0.1, -0.05) is 54.1 Å². The summed E-state index contributed by atoms with van der Waals surface area (Å²) in [6.45, 7) is 8.02. The van der Waals surface area contributed by atoms with Gasteiger partial charge in [0.1, 0.15) is 12.4 Å². The third-order valence-corrected chi connectivity index (χ3v) is 5.81. The molecule has 1 aliphatic rings. The molecular weight excluding hydrogens is 420 g/mol. The fourth-order valence-corrected chi connectivity index (χ4v) is 3.08. The average Bonchev–Trinajstić information content (AvgIpc) is 2.94. The molecule has 0 aromatic heterocycles. The molecule has 0 spiro atoms. The smallest absolute Gasteiger partial charge is 0.445 e. The minimum absolute atomic E-state index is 0.0388. The topological polar surface area (TPSA) is 56.8 Å². The van der Waals surface area contributed by atoms with E-state index in [1.807, 2.05) is 58.0 Å². The summed E-state index contributed by atoms with van der Waals surface area (Å²) in [6.07, 6.45) is 1.15. The minimum Gasteiger partial charge on any atom is -0.445 e. The van der Waals surface area contributed by atoms with E-state index < -0.39 is 30.2 Å². The third-order valence-electron chi connectivity index (χ3n) is 5.50. The summed E-state index contributed by atoms with van der Waals surface area (Å²) in [4.78, 5) is 12.2. The van der Waals surface area contributed by atoms with Crippen LogP contribution >= 0.6 is 11.6 Å². The van der Waals surface area contributed by atoms with Crippen molar-refractivity contribution >= 4 is 30.9 Å². The summed E-state index contributed by atoms with van der Waals surface area (Å²) >= 11 is 5.79. The molecule has 2 aromatic carbocycles. The molecule has 1 saturated heterocycles. The minimum atomic E-state index is -0.710. The maximum atomic E-state index is 13.9. The highest BCUT2D eigenvalue weighted by molar-refractivity contribution is 6.56. The summed E-state index contributed by atoms with van der Waals surface area (Å²) in [5, 5.41) is 2.76. The SMILES string of the molecule is CC1(C)OB(C(=Cc2ccc(Cl)c(F)c2)CNC(=O)OCc2ccccc2)OC1(C)C. The number of ether oxygens (including phenoxy) is 1. The van der Waals surface area contributed by atoms with Crippen molar-refractivity contribution in [3.8, 4) is 0 Å². The van der Waals surface area contributed by atoms with Crippen molar-refractivity contribution < 1.29 is 23.2 Å². The molecule has 0 unspecified atom stereocenters. The Morgan fingerprint density at radius 1 is 1.13 bits per heavy atom. The molecule has 164 valence electrons. The summed E-state index contributed by atoms with van der Waals surface area (Å²) < 4.78 is 31.4. The third kappa shape index (κ3) is 5.88. The molecule has 3 rings (SSSR count). The van der Waals surface area contributed by atoms with E-state index in [1.165, 1.54) is 12.1 Å². The molecule has 31 heavy (non-hydrogen) atoms. The second-order valence-corrected chi connectivity index (χ2v) is 8.80. The van der Waals surface area contributed by atoms with Gasteiger partial charge in [-0.3, -0.25) is 0 Å². The molecule has 1 heterocycles. The maximum absolute atomic E-state index is 13.9. The lowest BCUT2D eigenvalue weighted by atomic mass is 9.77. The number of hydrogen-bond donors (Lipinski definition) is 1.